The van der Waals surface area contributed by atoms with E-state index in [1.54, 1.807) is 0 Å². The Labute approximate surface area is 94.8 Å². The van der Waals surface area contributed by atoms with Crippen LogP contribution < -0.4 is 0 Å². The van der Waals surface area contributed by atoms with Crippen molar-refractivity contribution in [3.63, 3.8) is 0 Å². The summed E-state index contributed by atoms with van der Waals surface area (Å²) >= 11 is 0. The lowest BCUT2D eigenvalue weighted by Crippen LogP contribution is -1.86. The first-order valence-corrected chi connectivity index (χ1v) is 5.21. The second-order valence-electron chi connectivity index (χ2n) is 3.81. The predicted octanol–water partition coefficient (Wildman–Crippen LogP) is 2.76. The highest BCUT2D eigenvalue weighted by molar-refractivity contribution is 5.65. The molecule has 0 saturated carbocycles. The summed E-state index contributed by atoms with van der Waals surface area (Å²) in [6.07, 6.45) is 0.326. The molecule has 2 aromatic rings. The van der Waals surface area contributed by atoms with Crippen molar-refractivity contribution in [1.82, 2.24) is 9.97 Å². The van der Waals surface area contributed by atoms with Crippen LogP contribution in [0.5, 0.6) is 0 Å². The Kier molecular flexibility index (Phi) is 2.74. The van der Waals surface area contributed by atoms with Gasteiger partial charge in [-0.15, -0.1) is 0 Å². The molecule has 0 spiro atoms. The largest absolute Gasteiger partial charge is 0.345 e. The highest BCUT2D eigenvalue weighted by Crippen LogP contribution is 2.24. The van der Waals surface area contributed by atoms with Crippen molar-refractivity contribution in [2.75, 3.05) is 0 Å². The Morgan fingerprint density at radius 3 is 2.75 bits per heavy atom. The number of rotatable bonds is 2. The van der Waals surface area contributed by atoms with E-state index in [9.17, 15) is 0 Å². The van der Waals surface area contributed by atoms with Crippen molar-refractivity contribution in [3.8, 4) is 17.3 Å². The molecule has 0 aliphatic heterocycles. The van der Waals surface area contributed by atoms with Crippen LogP contribution in [0.15, 0.2) is 24.3 Å². The molecule has 1 aromatic carbocycles. The summed E-state index contributed by atoms with van der Waals surface area (Å²) in [5.74, 6) is 0.734. The van der Waals surface area contributed by atoms with Crippen LogP contribution in [0.2, 0.25) is 0 Å². The van der Waals surface area contributed by atoms with E-state index in [4.69, 9.17) is 5.26 Å². The second kappa shape index (κ2) is 4.19. The van der Waals surface area contributed by atoms with E-state index in [0.29, 0.717) is 6.42 Å². The minimum atomic E-state index is 0.326. The summed E-state index contributed by atoms with van der Waals surface area (Å²) < 4.78 is 0. The number of aromatic amines is 1. The topological polar surface area (TPSA) is 52.5 Å². The van der Waals surface area contributed by atoms with E-state index in [1.807, 2.05) is 19.1 Å². The van der Waals surface area contributed by atoms with Gasteiger partial charge in [0.1, 0.15) is 5.82 Å². The van der Waals surface area contributed by atoms with Gasteiger partial charge in [0.2, 0.25) is 0 Å². The smallest absolute Gasteiger partial charge is 0.121 e. The molecule has 1 heterocycles. The number of hydrogen-bond acceptors (Lipinski definition) is 2. The summed E-state index contributed by atoms with van der Waals surface area (Å²) in [6.45, 7) is 4.04. The zero-order valence-corrected chi connectivity index (χ0v) is 9.41. The van der Waals surface area contributed by atoms with Crippen LogP contribution in [0.25, 0.3) is 11.3 Å². The molecule has 0 saturated heterocycles. The summed E-state index contributed by atoms with van der Waals surface area (Å²) in [7, 11) is 0. The molecule has 3 heteroatoms. The number of H-pyrrole nitrogens is 1. The average molecular weight is 211 g/mol. The fourth-order valence-corrected chi connectivity index (χ4v) is 1.78. The number of nitriles is 1. The molecule has 16 heavy (non-hydrogen) atoms. The molecule has 0 unspecified atom stereocenters. The van der Waals surface area contributed by atoms with Crippen molar-refractivity contribution in [1.29, 1.82) is 5.26 Å². The van der Waals surface area contributed by atoms with Crippen LogP contribution in [0.1, 0.15) is 17.1 Å². The normalized spacial score (nSPS) is 10.1. The van der Waals surface area contributed by atoms with E-state index < -0.39 is 0 Å². The Morgan fingerprint density at radius 2 is 2.06 bits per heavy atom. The maximum Gasteiger partial charge on any atom is 0.121 e. The van der Waals surface area contributed by atoms with Crippen LogP contribution in [-0.4, -0.2) is 9.97 Å². The number of aromatic nitrogens is 2. The van der Waals surface area contributed by atoms with Crippen molar-refractivity contribution < 1.29 is 0 Å². The van der Waals surface area contributed by atoms with Crippen molar-refractivity contribution in [3.05, 3.63) is 41.3 Å². The molecule has 0 aliphatic carbocycles. The van der Waals surface area contributed by atoms with Crippen LogP contribution >= 0.6 is 0 Å². The zero-order chi connectivity index (χ0) is 11.5. The molecule has 0 radical (unpaired) electrons. The molecule has 3 nitrogen and oxygen atoms in total. The molecule has 0 amide bonds. The van der Waals surface area contributed by atoms with Gasteiger partial charge in [-0.3, -0.25) is 0 Å². The molecule has 2 rings (SSSR count). The first kappa shape index (κ1) is 10.4. The standard InChI is InChI=1S/C13H13N3/c1-9-5-3-4-6-11(9)13-10(2)15-12(16-13)7-8-14/h3-6H,7H2,1-2H3,(H,15,16). The SMILES string of the molecule is Cc1ccccc1-c1nc(CC#N)[nH]c1C. The minimum Gasteiger partial charge on any atom is -0.345 e. The molecular formula is C13H13N3. The van der Waals surface area contributed by atoms with Gasteiger partial charge in [0.05, 0.1) is 18.2 Å². The lowest BCUT2D eigenvalue weighted by atomic mass is 10.1. The molecule has 0 aliphatic rings. The molecule has 0 atom stereocenters. The van der Waals surface area contributed by atoms with Crippen LogP contribution in [0, 0.1) is 25.2 Å². The van der Waals surface area contributed by atoms with Gasteiger partial charge >= 0.3 is 0 Å². The number of nitrogens with one attached hydrogen (secondary N) is 1. The van der Waals surface area contributed by atoms with Crippen molar-refractivity contribution >= 4 is 0 Å². The highest BCUT2D eigenvalue weighted by Gasteiger charge is 2.10. The fourth-order valence-electron chi connectivity index (χ4n) is 1.78. The summed E-state index contributed by atoms with van der Waals surface area (Å²) in [4.78, 5) is 7.59. The predicted molar refractivity (Wildman–Crippen MR) is 62.8 cm³/mol. The lowest BCUT2D eigenvalue weighted by Gasteiger charge is -2.02. The Morgan fingerprint density at radius 1 is 1.31 bits per heavy atom. The van der Waals surface area contributed by atoms with E-state index in [-0.39, 0.29) is 0 Å². The zero-order valence-electron chi connectivity index (χ0n) is 9.41. The second-order valence-corrected chi connectivity index (χ2v) is 3.81. The highest BCUT2D eigenvalue weighted by atomic mass is 14.9. The first-order valence-electron chi connectivity index (χ1n) is 5.21. The van der Waals surface area contributed by atoms with E-state index >= 15 is 0 Å². The van der Waals surface area contributed by atoms with Gasteiger partial charge in [-0.1, -0.05) is 24.3 Å². The van der Waals surface area contributed by atoms with Gasteiger partial charge in [-0.05, 0) is 19.4 Å². The number of hydrogen-bond donors (Lipinski definition) is 1. The minimum absolute atomic E-state index is 0.326. The molecule has 1 aromatic heterocycles. The third-order valence-corrected chi connectivity index (χ3v) is 2.58. The van der Waals surface area contributed by atoms with E-state index in [1.165, 1.54) is 5.56 Å². The van der Waals surface area contributed by atoms with Gasteiger partial charge < -0.3 is 4.98 Å². The van der Waals surface area contributed by atoms with E-state index in [2.05, 4.69) is 35.1 Å². The number of nitrogens with zero attached hydrogens (tertiary/aromatic N) is 2. The molecule has 80 valence electrons. The Bertz CT molecular complexity index is 547. The van der Waals surface area contributed by atoms with Gasteiger partial charge in [-0.2, -0.15) is 5.26 Å². The molecule has 1 N–H and O–H groups in total. The number of benzene rings is 1. The summed E-state index contributed by atoms with van der Waals surface area (Å²) in [6, 6.07) is 10.2. The Balaban J connectivity index is 2.49. The van der Waals surface area contributed by atoms with Crippen LogP contribution in [0.4, 0.5) is 0 Å². The van der Waals surface area contributed by atoms with E-state index in [0.717, 1.165) is 22.8 Å². The maximum atomic E-state index is 8.63. The van der Waals surface area contributed by atoms with Gasteiger partial charge in [0.15, 0.2) is 0 Å². The third-order valence-electron chi connectivity index (χ3n) is 2.58. The van der Waals surface area contributed by atoms with Gasteiger partial charge in [0.25, 0.3) is 0 Å². The van der Waals surface area contributed by atoms with Crippen LogP contribution in [0.3, 0.4) is 0 Å². The van der Waals surface area contributed by atoms with Crippen molar-refractivity contribution in [2.45, 2.75) is 20.3 Å². The fraction of sp³-hybridized carbons (Fsp3) is 0.231. The number of aryl methyl sites for hydroxylation is 2. The van der Waals surface area contributed by atoms with Gasteiger partial charge in [-0.25, -0.2) is 4.98 Å². The van der Waals surface area contributed by atoms with Crippen LogP contribution in [-0.2, 0) is 6.42 Å². The molecular weight excluding hydrogens is 198 g/mol. The lowest BCUT2D eigenvalue weighted by molar-refractivity contribution is 1.05. The number of imidazole rings is 1. The monoisotopic (exact) mass is 211 g/mol. The summed E-state index contributed by atoms with van der Waals surface area (Å²) in [5.41, 5.74) is 4.28. The third kappa shape index (κ3) is 1.82. The Hall–Kier alpha value is -2.08. The molecule has 0 fully saturated rings. The summed E-state index contributed by atoms with van der Waals surface area (Å²) in [5, 5.41) is 8.63. The quantitative estimate of drug-likeness (QED) is 0.830. The average Bonchev–Trinajstić information content (AvgIpc) is 2.61. The van der Waals surface area contributed by atoms with Gasteiger partial charge in [0, 0.05) is 11.3 Å². The maximum absolute atomic E-state index is 8.63. The first-order chi connectivity index (χ1) is 7.72. The molecule has 0 bridgehead atoms. The van der Waals surface area contributed by atoms with Crippen molar-refractivity contribution in [2.24, 2.45) is 0 Å².